The summed E-state index contributed by atoms with van der Waals surface area (Å²) in [5.41, 5.74) is 0. The molecule has 0 amide bonds. The van der Waals surface area contributed by atoms with Gasteiger partial charge in [-0.15, -0.1) is 0 Å². The van der Waals surface area contributed by atoms with Crippen LogP contribution in [0, 0.1) is 11.8 Å². The molecule has 1 fully saturated rings. The Hall–Kier alpha value is -0.0200. The summed E-state index contributed by atoms with van der Waals surface area (Å²) in [5.74, 6) is 1.25. The Kier molecular flexibility index (Phi) is 4.65. The van der Waals surface area contributed by atoms with Crippen LogP contribution < -0.4 is 0 Å². The van der Waals surface area contributed by atoms with Gasteiger partial charge in [0.25, 0.3) is 0 Å². The third kappa shape index (κ3) is 4.15. The third-order valence-corrected chi connectivity index (χ3v) is 4.41. The number of rotatable bonds is 2. The highest BCUT2D eigenvalue weighted by molar-refractivity contribution is 7.91. The van der Waals surface area contributed by atoms with Gasteiger partial charge in [-0.3, -0.25) is 0 Å². The van der Waals surface area contributed by atoms with E-state index in [1.165, 1.54) is 25.7 Å². The zero-order valence-corrected chi connectivity index (χ0v) is 11.1. The molecule has 1 rings (SSSR count). The SMILES string of the molecule is CC1CCCCC1/C=N/[S+]([O-])C(C)(C)C. The summed E-state index contributed by atoms with van der Waals surface area (Å²) in [6.07, 6.45) is 7.09. The van der Waals surface area contributed by atoms with Gasteiger partial charge in [0.1, 0.15) is 16.1 Å². The van der Waals surface area contributed by atoms with E-state index >= 15 is 0 Å². The van der Waals surface area contributed by atoms with Crippen molar-refractivity contribution in [3.8, 4) is 0 Å². The average molecular weight is 229 g/mol. The van der Waals surface area contributed by atoms with E-state index in [1.807, 2.05) is 27.0 Å². The van der Waals surface area contributed by atoms with Crippen LogP contribution in [-0.4, -0.2) is 15.5 Å². The molecule has 0 radical (unpaired) electrons. The van der Waals surface area contributed by atoms with Crippen LogP contribution in [0.15, 0.2) is 4.40 Å². The molecule has 0 N–H and O–H groups in total. The molecular formula is C12H23NOS. The molecule has 1 aliphatic carbocycles. The maximum absolute atomic E-state index is 11.7. The van der Waals surface area contributed by atoms with Crippen molar-refractivity contribution in [2.75, 3.05) is 0 Å². The van der Waals surface area contributed by atoms with Crippen LogP contribution >= 0.6 is 0 Å². The first-order valence-corrected chi connectivity index (χ1v) is 6.98. The van der Waals surface area contributed by atoms with Crippen molar-refractivity contribution in [3.63, 3.8) is 0 Å². The van der Waals surface area contributed by atoms with E-state index < -0.39 is 11.4 Å². The summed E-state index contributed by atoms with van der Waals surface area (Å²) in [6.45, 7) is 8.16. The summed E-state index contributed by atoms with van der Waals surface area (Å²) in [5, 5.41) is 0. The van der Waals surface area contributed by atoms with Crippen LogP contribution in [0.2, 0.25) is 0 Å². The summed E-state index contributed by atoms with van der Waals surface area (Å²) in [4.78, 5) is 0. The molecule has 3 heteroatoms. The minimum atomic E-state index is -1.08. The van der Waals surface area contributed by atoms with Gasteiger partial charge in [0, 0.05) is 5.92 Å². The van der Waals surface area contributed by atoms with Crippen molar-refractivity contribution in [1.82, 2.24) is 0 Å². The standard InChI is InChI=1S/C12H23NOS/c1-10-7-5-6-8-11(10)9-13-15(14)12(2,3)4/h9-11H,5-8H2,1-4H3/b13-9+. The molecule has 3 unspecified atom stereocenters. The predicted octanol–water partition coefficient (Wildman–Crippen LogP) is 3.35. The summed E-state index contributed by atoms with van der Waals surface area (Å²) in [7, 11) is 0. The molecule has 0 heterocycles. The molecule has 0 aromatic heterocycles. The van der Waals surface area contributed by atoms with Crippen molar-refractivity contribution in [2.45, 2.75) is 58.1 Å². The van der Waals surface area contributed by atoms with Gasteiger partial charge < -0.3 is 4.55 Å². The third-order valence-electron chi connectivity index (χ3n) is 3.05. The lowest BCUT2D eigenvalue weighted by atomic mass is 9.81. The normalized spacial score (nSPS) is 30.7. The van der Waals surface area contributed by atoms with E-state index in [2.05, 4.69) is 11.3 Å². The molecule has 88 valence electrons. The van der Waals surface area contributed by atoms with Gasteiger partial charge in [-0.25, -0.2) is 0 Å². The Labute approximate surface area is 96.9 Å². The predicted molar refractivity (Wildman–Crippen MR) is 67.5 cm³/mol. The van der Waals surface area contributed by atoms with Gasteiger partial charge in [-0.1, -0.05) is 30.6 Å². The summed E-state index contributed by atoms with van der Waals surface area (Å²) in [6, 6.07) is 0. The van der Waals surface area contributed by atoms with Crippen molar-refractivity contribution in [1.29, 1.82) is 0 Å². The minimum absolute atomic E-state index is 0.228. The van der Waals surface area contributed by atoms with Crippen LogP contribution in [0.4, 0.5) is 0 Å². The van der Waals surface area contributed by atoms with Crippen LogP contribution in [-0.2, 0) is 11.4 Å². The van der Waals surface area contributed by atoms with Crippen molar-refractivity contribution in [2.24, 2.45) is 16.2 Å². The Morgan fingerprint density at radius 3 is 2.40 bits per heavy atom. The molecule has 1 aliphatic rings. The summed E-state index contributed by atoms with van der Waals surface area (Å²) >= 11 is -1.08. The topological polar surface area (TPSA) is 35.4 Å². The largest absolute Gasteiger partial charge is 0.591 e. The molecule has 1 saturated carbocycles. The average Bonchev–Trinajstić information content (AvgIpc) is 2.14. The molecule has 0 saturated heterocycles. The smallest absolute Gasteiger partial charge is 0.144 e. The molecular weight excluding hydrogens is 206 g/mol. The van der Waals surface area contributed by atoms with Gasteiger partial charge in [0.15, 0.2) is 0 Å². The maximum atomic E-state index is 11.7. The van der Waals surface area contributed by atoms with E-state index in [0.29, 0.717) is 11.8 Å². The molecule has 2 nitrogen and oxygen atoms in total. The van der Waals surface area contributed by atoms with Gasteiger partial charge in [-0.2, -0.15) is 0 Å². The quantitative estimate of drug-likeness (QED) is 0.528. The van der Waals surface area contributed by atoms with Gasteiger partial charge in [0.2, 0.25) is 0 Å². The molecule has 0 bridgehead atoms. The number of nitrogens with zero attached hydrogens (tertiary/aromatic N) is 1. The number of hydrogen-bond donors (Lipinski definition) is 0. The first-order valence-electron chi connectivity index (χ1n) is 5.87. The van der Waals surface area contributed by atoms with E-state index in [-0.39, 0.29) is 4.75 Å². The highest BCUT2D eigenvalue weighted by atomic mass is 32.2. The van der Waals surface area contributed by atoms with Crippen molar-refractivity contribution in [3.05, 3.63) is 0 Å². The fraction of sp³-hybridized carbons (Fsp3) is 0.917. The highest BCUT2D eigenvalue weighted by Crippen LogP contribution is 2.28. The van der Waals surface area contributed by atoms with E-state index in [4.69, 9.17) is 0 Å². The Morgan fingerprint density at radius 2 is 1.87 bits per heavy atom. The molecule has 0 aromatic rings. The van der Waals surface area contributed by atoms with Gasteiger partial charge in [-0.05, 0) is 33.1 Å². The van der Waals surface area contributed by atoms with Crippen LogP contribution in [0.5, 0.6) is 0 Å². The highest BCUT2D eigenvalue weighted by Gasteiger charge is 2.27. The minimum Gasteiger partial charge on any atom is -0.591 e. The lowest BCUT2D eigenvalue weighted by Gasteiger charge is -2.25. The Bertz CT molecular complexity index is 222. The molecule has 3 atom stereocenters. The molecule has 0 aromatic carbocycles. The zero-order chi connectivity index (χ0) is 11.5. The monoisotopic (exact) mass is 229 g/mol. The second-order valence-electron chi connectivity index (χ2n) is 5.54. The lowest BCUT2D eigenvalue weighted by Crippen LogP contribution is -2.27. The number of hydrogen-bond acceptors (Lipinski definition) is 2. The van der Waals surface area contributed by atoms with Gasteiger partial charge >= 0.3 is 0 Å². The zero-order valence-electron chi connectivity index (χ0n) is 10.3. The first kappa shape index (κ1) is 13.0. The van der Waals surface area contributed by atoms with Crippen LogP contribution in [0.1, 0.15) is 53.4 Å². The van der Waals surface area contributed by atoms with Gasteiger partial charge in [0.05, 0.1) is 6.21 Å². The fourth-order valence-electron chi connectivity index (χ4n) is 1.86. The van der Waals surface area contributed by atoms with Crippen LogP contribution in [0.3, 0.4) is 0 Å². The second kappa shape index (κ2) is 5.35. The van der Waals surface area contributed by atoms with Crippen LogP contribution in [0.25, 0.3) is 0 Å². The van der Waals surface area contributed by atoms with E-state index in [0.717, 1.165) is 0 Å². The molecule has 0 spiro atoms. The van der Waals surface area contributed by atoms with Crippen molar-refractivity contribution < 1.29 is 4.55 Å². The fourth-order valence-corrected chi connectivity index (χ4v) is 2.44. The molecule has 15 heavy (non-hydrogen) atoms. The van der Waals surface area contributed by atoms with E-state index in [1.54, 1.807) is 0 Å². The molecule has 0 aliphatic heterocycles. The van der Waals surface area contributed by atoms with E-state index in [9.17, 15) is 4.55 Å². The maximum Gasteiger partial charge on any atom is 0.144 e. The Morgan fingerprint density at radius 1 is 1.27 bits per heavy atom. The first-order chi connectivity index (χ1) is 6.91. The lowest BCUT2D eigenvalue weighted by molar-refractivity contribution is 0.329. The second-order valence-corrected chi connectivity index (χ2v) is 7.48. The van der Waals surface area contributed by atoms with Crippen molar-refractivity contribution >= 4 is 17.6 Å². The summed E-state index contributed by atoms with van der Waals surface area (Å²) < 4.78 is 15.7. The Balaban J connectivity index is 2.49.